The number of tetrazole rings is 1. The van der Waals surface area contributed by atoms with Crippen molar-refractivity contribution in [2.45, 2.75) is 57.5 Å². The second-order valence-electron chi connectivity index (χ2n) is 8.99. The zero-order valence-electron chi connectivity index (χ0n) is 20.5. The number of aromatic nitrogens is 4. The Morgan fingerprint density at radius 2 is 1.79 bits per heavy atom. The Labute approximate surface area is 208 Å². The SMILES string of the molecule is CSCCC(NCCCC(C#N)(c1ccccc1)C(C)C)c1nnnn1CCc1ccccc1. The summed E-state index contributed by atoms with van der Waals surface area (Å²) in [5, 5.41) is 26.5. The summed E-state index contributed by atoms with van der Waals surface area (Å²) in [4.78, 5) is 0. The molecule has 3 rings (SSSR count). The van der Waals surface area contributed by atoms with Gasteiger partial charge in [0.2, 0.25) is 0 Å². The van der Waals surface area contributed by atoms with Gasteiger partial charge in [-0.3, -0.25) is 0 Å². The molecule has 0 aliphatic heterocycles. The first-order chi connectivity index (χ1) is 16.6. The van der Waals surface area contributed by atoms with Gasteiger partial charge in [0.25, 0.3) is 0 Å². The van der Waals surface area contributed by atoms with Crippen molar-refractivity contribution in [3.63, 3.8) is 0 Å². The average Bonchev–Trinajstić information content (AvgIpc) is 3.34. The smallest absolute Gasteiger partial charge is 0.168 e. The van der Waals surface area contributed by atoms with Crippen LogP contribution in [0.3, 0.4) is 0 Å². The zero-order chi connectivity index (χ0) is 24.2. The van der Waals surface area contributed by atoms with Gasteiger partial charge in [-0.25, -0.2) is 4.68 Å². The summed E-state index contributed by atoms with van der Waals surface area (Å²) >= 11 is 1.83. The molecule has 0 spiro atoms. The Bertz CT molecular complexity index is 1010. The molecule has 1 aromatic heterocycles. The monoisotopic (exact) mass is 476 g/mol. The average molecular weight is 477 g/mol. The van der Waals surface area contributed by atoms with Crippen LogP contribution in [0.1, 0.15) is 56.1 Å². The Morgan fingerprint density at radius 3 is 2.44 bits per heavy atom. The Kier molecular flexibility index (Phi) is 10.1. The molecule has 0 aliphatic rings. The number of hydrogen-bond donors (Lipinski definition) is 1. The number of hydrogen-bond acceptors (Lipinski definition) is 6. The van der Waals surface area contributed by atoms with E-state index in [0.29, 0.717) is 0 Å². The third-order valence-corrected chi connectivity index (χ3v) is 7.19. The molecule has 6 nitrogen and oxygen atoms in total. The first-order valence-corrected chi connectivity index (χ1v) is 13.5. The molecule has 34 heavy (non-hydrogen) atoms. The molecule has 2 aromatic carbocycles. The summed E-state index contributed by atoms with van der Waals surface area (Å²) in [5.41, 5.74) is 1.91. The predicted octanol–water partition coefficient (Wildman–Crippen LogP) is 5.20. The molecule has 180 valence electrons. The van der Waals surface area contributed by atoms with Crippen LogP contribution in [0.25, 0.3) is 0 Å². The number of nitrogens with one attached hydrogen (secondary N) is 1. The summed E-state index contributed by atoms with van der Waals surface area (Å²) in [6.07, 6.45) is 5.69. The Hall–Kier alpha value is -2.69. The van der Waals surface area contributed by atoms with Crippen molar-refractivity contribution in [1.29, 1.82) is 5.26 Å². The molecule has 2 unspecified atom stereocenters. The van der Waals surface area contributed by atoms with E-state index in [9.17, 15) is 5.26 Å². The van der Waals surface area contributed by atoms with E-state index >= 15 is 0 Å². The number of nitriles is 1. The largest absolute Gasteiger partial charge is 0.307 e. The van der Waals surface area contributed by atoms with Gasteiger partial charge < -0.3 is 5.32 Å². The van der Waals surface area contributed by atoms with E-state index in [2.05, 4.69) is 83.4 Å². The number of nitrogens with zero attached hydrogens (tertiary/aromatic N) is 5. The second-order valence-corrected chi connectivity index (χ2v) is 9.98. The van der Waals surface area contributed by atoms with E-state index in [-0.39, 0.29) is 12.0 Å². The number of benzene rings is 2. The minimum Gasteiger partial charge on any atom is -0.307 e. The van der Waals surface area contributed by atoms with Crippen LogP contribution in [0, 0.1) is 17.2 Å². The Balaban J connectivity index is 1.64. The van der Waals surface area contributed by atoms with Crippen LogP contribution in [0.15, 0.2) is 60.7 Å². The summed E-state index contributed by atoms with van der Waals surface area (Å²) in [6.45, 7) is 5.86. The van der Waals surface area contributed by atoms with Crippen LogP contribution < -0.4 is 5.32 Å². The molecule has 0 saturated heterocycles. The standard InChI is InChI=1S/C27H36N6S/c1-22(2)27(21-28,24-13-8-5-9-14-24)17-10-18-29-25(16-20-34-3)26-30-31-32-33(26)19-15-23-11-6-4-7-12-23/h4-9,11-14,22,25,29H,10,15-20H2,1-3H3. The minimum absolute atomic E-state index is 0.0884. The van der Waals surface area contributed by atoms with Crippen molar-refractivity contribution in [2.24, 2.45) is 5.92 Å². The van der Waals surface area contributed by atoms with Crippen molar-refractivity contribution < 1.29 is 0 Å². The molecule has 7 heteroatoms. The normalized spacial score (nSPS) is 14.0. The van der Waals surface area contributed by atoms with Crippen LogP contribution in [0.5, 0.6) is 0 Å². The fourth-order valence-corrected chi connectivity index (χ4v) is 4.92. The maximum absolute atomic E-state index is 10.2. The van der Waals surface area contributed by atoms with E-state index < -0.39 is 5.41 Å². The molecular formula is C27H36N6S. The fraction of sp³-hybridized carbons (Fsp3) is 0.481. The quantitative estimate of drug-likeness (QED) is 0.322. The summed E-state index contributed by atoms with van der Waals surface area (Å²) in [6, 6.07) is 23.4. The van der Waals surface area contributed by atoms with Gasteiger partial charge in [0, 0.05) is 6.54 Å². The van der Waals surface area contributed by atoms with Crippen LogP contribution in [0.2, 0.25) is 0 Å². The molecule has 0 aliphatic carbocycles. The predicted molar refractivity (Wildman–Crippen MR) is 140 cm³/mol. The van der Waals surface area contributed by atoms with Crippen molar-refractivity contribution in [2.75, 3.05) is 18.6 Å². The van der Waals surface area contributed by atoms with Gasteiger partial charge >= 0.3 is 0 Å². The molecule has 0 radical (unpaired) electrons. The highest BCUT2D eigenvalue weighted by atomic mass is 32.2. The highest BCUT2D eigenvalue weighted by Crippen LogP contribution is 2.36. The molecule has 0 amide bonds. The van der Waals surface area contributed by atoms with Crippen LogP contribution in [-0.2, 0) is 18.4 Å². The van der Waals surface area contributed by atoms with Crippen molar-refractivity contribution in [3.8, 4) is 6.07 Å². The van der Waals surface area contributed by atoms with Gasteiger partial charge in [-0.05, 0) is 71.7 Å². The van der Waals surface area contributed by atoms with Gasteiger partial charge in [0.1, 0.15) is 0 Å². The lowest BCUT2D eigenvalue weighted by molar-refractivity contribution is 0.349. The third-order valence-electron chi connectivity index (χ3n) is 6.55. The molecule has 1 N–H and O–H groups in total. The van der Waals surface area contributed by atoms with Crippen molar-refractivity contribution >= 4 is 11.8 Å². The first-order valence-electron chi connectivity index (χ1n) is 12.1. The van der Waals surface area contributed by atoms with E-state index in [0.717, 1.165) is 55.9 Å². The summed E-state index contributed by atoms with van der Waals surface area (Å²) in [5.74, 6) is 2.15. The number of thioether (sulfide) groups is 1. The molecule has 0 bridgehead atoms. The molecule has 0 fully saturated rings. The van der Waals surface area contributed by atoms with Gasteiger partial charge in [-0.15, -0.1) is 5.10 Å². The minimum atomic E-state index is -0.477. The van der Waals surface area contributed by atoms with Gasteiger partial charge in [0.05, 0.1) is 17.5 Å². The van der Waals surface area contributed by atoms with E-state index in [1.807, 2.05) is 40.7 Å². The van der Waals surface area contributed by atoms with Crippen LogP contribution in [-0.4, -0.2) is 38.8 Å². The van der Waals surface area contributed by atoms with Crippen molar-refractivity contribution in [3.05, 3.63) is 77.6 Å². The maximum atomic E-state index is 10.2. The van der Waals surface area contributed by atoms with E-state index in [4.69, 9.17) is 0 Å². The fourth-order valence-electron chi connectivity index (χ4n) is 4.45. The third kappa shape index (κ3) is 6.68. The second kappa shape index (κ2) is 13.3. The molecule has 1 heterocycles. The van der Waals surface area contributed by atoms with Gasteiger partial charge in [0.15, 0.2) is 5.82 Å². The lowest BCUT2D eigenvalue weighted by Crippen LogP contribution is -2.33. The van der Waals surface area contributed by atoms with E-state index in [1.165, 1.54) is 5.56 Å². The van der Waals surface area contributed by atoms with Crippen LogP contribution in [0.4, 0.5) is 0 Å². The number of rotatable bonds is 14. The molecule has 0 saturated carbocycles. The highest BCUT2D eigenvalue weighted by Gasteiger charge is 2.35. The van der Waals surface area contributed by atoms with Gasteiger partial charge in [-0.1, -0.05) is 74.5 Å². The lowest BCUT2D eigenvalue weighted by atomic mass is 9.70. The van der Waals surface area contributed by atoms with Crippen molar-refractivity contribution in [1.82, 2.24) is 25.5 Å². The first kappa shape index (κ1) is 25.9. The molecule has 3 aromatic rings. The van der Waals surface area contributed by atoms with E-state index in [1.54, 1.807) is 0 Å². The van der Waals surface area contributed by atoms with Crippen LogP contribution >= 0.6 is 11.8 Å². The summed E-state index contributed by atoms with van der Waals surface area (Å²) < 4.78 is 1.93. The molecule has 2 atom stereocenters. The maximum Gasteiger partial charge on any atom is 0.168 e. The topological polar surface area (TPSA) is 79.4 Å². The molecular weight excluding hydrogens is 440 g/mol. The lowest BCUT2D eigenvalue weighted by Gasteiger charge is -2.31. The highest BCUT2D eigenvalue weighted by molar-refractivity contribution is 7.98. The zero-order valence-corrected chi connectivity index (χ0v) is 21.3. The number of aryl methyl sites for hydroxylation is 2. The van der Waals surface area contributed by atoms with Gasteiger partial charge in [-0.2, -0.15) is 17.0 Å². The summed E-state index contributed by atoms with van der Waals surface area (Å²) in [7, 11) is 0. The Morgan fingerprint density at radius 1 is 1.09 bits per heavy atom.